The molecule has 0 aromatic rings. The maximum atomic E-state index is 3.48. The lowest BCUT2D eigenvalue weighted by atomic mass is 9.89. The van der Waals surface area contributed by atoms with Crippen molar-refractivity contribution in [3.05, 3.63) is 0 Å². The normalized spacial score (nSPS) is 35.3. The lowest BCUT2D eigenvalue weighted by molar-refractivity contribution is 0.147. The molecule has 2 aliphatic rings. The van der Waals surface area contributed by atoms with E-state index in [-0.39, 0.29) is 0 Å². The average Bonchev–Trinajstić information content (AvgIpc) is 3.00. The Hall–Kier alpha value is -0.0800. The van der Waals surface area contributed by atoms with E-state index in [0.29, 0.717) is 0 Å². The molecule has 2 saturated carbocycles. The van der Waals surface area contributed by atoms with Gasteiger partial charge in [-0.05, 0) is 39.8 Å². The Labute approximate surface area is 81.7 Å². The fourth-order valence-corrected chi connectivity index (χ4v) is 2.69. The van der Waals surface area contributed by atoms with Gasteiger partial charge >= 0.3 is 0 Å². The molecular formula is C11H22N2. The molecule has 13 heavy (non-hydrogen) atoms. The van der Waals surface area contributed by atoms with Gasteiger partial charge < -0.3 is 5.32 Å². The van der Waals surface area contributed by atoms with Gasteiger partial charge in [0.25, 0.3) is 0 Å². The van der Waals surface area contributed by atoms with Crippen LogP contribution in [-0.4, -0.2) is 37.1 Å². The standard InChI is InChI=1S/C11H22N2/c1-12-10-5-3-4-6-11(10)13(2)9-7-8-9/h9-12H,3-8H2,1-2H3/t10-,11+/m1/s1. The van der Waals surface area contributed by atoms with E-state index in [9.17, 15) is 0 Å². The maximum Gasteiger partial charge on any atom is 0.0249 e. The first-order valence-electron chi connectivity index (χ1n) is 5.72. The van der Waals surface area contributed by atoms with Crippen molar-refractivity contribution in [3.63, 3.8) is 0 Å². The van der Waals surface area contributed by atoms with E-state index in [4.69, 9.17) is 0 Å². The Morgan fingerprint density at radius 2 is 1.77 bits per heavy atom. The van der Waals surface area contributed by atoms with Gasteiger partial charge in [-0.3, -0.25) is 4.90 Å². The van der Waals surface area contributed by atoms with Gasteiger partial charge in [-0.15, -0.1) is 0 Å². The quantitative estimate of drug-likeness (QED) is 0.713. The van der Waals surface area contributed by atoms with Crippen molar-refractivity contribution in [2.24, 2.45) is 0 Å². The molecule has 2 heteroatoms. The SMILES string of the molecule is CN[C@@H]1CCCC[C@@H]1N(C)C1CC1. The zero-order valence-electron chi connectivity index (χ0n) is 8.92. The zero-order valence-corrected chi connectivity index (χ0v) is 8.92. The van der Waals surface area contributed by atoms with Crippen LogP contribution in [0.4, 0.5) is 0 Å². The van der Waals surface area contributed by atoms with Crippen LogP contribution >= 0.6 is 0 Å². The highest BCUT2D eigenvalue weighted by atomic mass is 15.2. The van der Waals surface area contributed by atoms with Crippen molar-refractivity contribution < 1.29 is 0 Å². The Kier molecular flexibility index (Phi) is 2.89. The van der Waals surface area contributed by atoms with Crippen molar-refractivity contribution in [1.29, 1.82) is 0 Å². The molecule has 0 aromatic heterocycles. The summed E-state index contributed by atoms with van der Waals surface area (Å²) in [6, 6.07) is 2.48. The molecule has 2 nitrogen and oxygen atoms in total. The van der Waals surface area contributed by atoms with E-state index in [1.165, 1.54) is 38.5 Å². The first kappa shape index (κ1) is 9.47. The largest absolute Gasteiger partial charge is 0.315 e. The number of rotatable bonds is 3. The molecule has 0 unspecified atom stereocenters. The molecule has 0 saturated heterocycles. The van der Waals surface area contributed by atoms with Gasteiger partial charge in [-0.2, -0.15) is 0 Å². The molecule has 0 amide bonds. The monoisotopic (exact) mass is 182 g/mol. The third kappa shape index (κ3) is 2.05. The van der Waals surface area contributed by atoms with E-state index in [1.54, 1.807) is 0 Å². The highest BCUT2D eigenvalue weighted by molar-refractivity contribution is 4.93. The van der Waals surface area contributed by atoms with Gasteiger partial charge in [0.05, 0.1) is 0 Å². The smallest absolute Gasteiger partial charge is 0.0249 e. The van der Waals surface area contributed by atoms with Crippen LogP contribution in [0.5, 0.6) is 0 Å². The number of likely N-dealkylation sites (N-methyl/N-ethyl adjacent to an activating group) is 2. The molecule has 2 fully saturated rings. The van der Waals surface area contributed by atoms with E-state index >= 15 is 0 Å². The second-order valence-electron chi connectivity index (χ2n) is 4.64. The Morgan fingerprint density at radius 1 is 1.08 bits per heavy atom. The van der Waals surface area contributed by atoms with Crippen molar-refractivity contribution in [2.75, 3.05) is 14.1 Å². The number of hydrogen-bond donors (Lipinski definition) is 1. The molecule has 0 radical (unpaired) electrons. The van der Waals surface area contributed by atoms with Crippen LogP contribution in [0.1, 0.15) is 38.5 Å². The van der Waals surface area contributed by atoms with E-state index in [0.717, 1.165) is 18.1 Å². The fourth-order valence-electron chi connectivity index (χ4n) is 2.69. The molecule has 76 valence electrons. The van der Waals surface area contributed by atoms with Crippen LogP contribution in [-0.2, 0) is 0 Å². The molecule has 0 aromatic carbocycles. The molecule has 2 atom stereocenters. The molecule has 0 spiro atoms. The predicted octanol–water partition coefficient (Wildman–Crippen LogP) is 1.61. The summed E-state index contributed by atoms with van der Waals surface area (Å²) in [4.78, 5) is 2.63. The summed E-state index contributed by atoms with van der Waals surface area (Å²) in [5.74, 6) is 0. The summed E-state index contributed by atoms with van der Waals surface area (Å²) in [6.45, 7) is 0. The Bertz CT molecular complexity index is 163. The molecular weight excluding hydrogens is 160 g/mol. The van der Waals surface area contributed by atoms with Crippen molar-refractivity contribution in [2.45, 2.75) is 56.7 Å². The van der Waals surface area contributed by atoms with Crippen LogP contribution in [0.15, 0.2) is 0 Å². The van der Waals surface area contributed by atoms with E-state index in [1.807, 2.05) is 0 Å². The summed E-state index contributed by atoms with van der Waals surface area (Å²) >= 11 is 0. The molecule has 0 heterocycles. The van der Waals surface area contributed by atoms with Gasteiger partial charge in [0.15, 0.2) is 0 Å². The van der Waals surface area contributed by atoms with Crippen LogP contribution in [0.3, 0.4) is 0 Å². The highest BCUT2D eigenvalue weighted by Crippen LogP contribution is 2.32. The molecule has 0 aliphatic heterocycles. The highest BCUT2D eigenvalue weighted by Gasteiger charge is 2.35. The van der Waals surface area contributed by atoms with E-state index in [2.05, 4.69) is 24.3 Å². The Morgan fingerprint density at radius 3 is 2.38 bits per heavy atom. The number of nitrogens with one attached hydrogen (secondary N) is 1. The summed E-state index contributed by atoms with van der Waals surface area (Å²) < 4.78 is 0. The summed E-state index contributed by atoms with van der Waals surface area (Å²) in [5, 5.41) is 3.48. The molecule has 2 rings (SSSR count). The summed E-state index contributed by atoms with van der Waals surface area (Å²) in [6.07, 6.45) is 8.49. The van der Waals surface area contributed by atoms with Crippen molar-refractivity contribution in [3.8, 4) is 0 Å². The molecule has 0 bridgehead atoms. The second kappa shape index (κ2) is 3.97. The average molecular weight is 182 g/mol. The van der Waals surface area contributed by atoms with E-state index < -0.39 is 0 Å². The van der Waals surface area contributed by atoms with Gasteiger partial charge in [-0.25, -0.2) is 0 Å². The summed E-state index contributed by atoms with van der Waals surface area (Å²) in [7, 11) is 4.43. The lowest BCUT2D eigenvalue weighted by Crippen LogP contribution is -2.50. The number of hydrogen-bond acceptors (Lipinski definition) is 2. The van der Waals surface area contributed by atoms with Crippen LogP contribution in [0, 0.1) is 0 Å². The minimum Gasteiger partial charge on any atom is -0.315 e. The second-order valence-corrected chi connectivity index (χ2v) is 4.64. The maximum absolute atomic E-state index is 3.48. The minimum atomic E-state index is 0.749. The van der Waals surface area contributed by atoms with Crippen LogP contribution in [0.2, 0.25) is 0 Å². The Balaban J connectivity index is 1.92. The molecule has 1 N–H and O–H groups in total. The number of nitrogens with zero attached hydrogens (tertiary/aromatic N) is 1. The fraction of sp³-hybridized carbons (Fsp3) is 1.00. The zero-order chi connectivity index (χ0) is 9.26. The van der Waals surface area contributed by atoms with Gasteiger partial charge in [-0.1, -0.05) is 12.8 Å². The van der Waals surface area contributed by atoms with Gasteiger partial charge in [0, 0.05) is 18.1 Å². The van der Waals surface area contributed by atoms with Crippen molar-refractivity contribution in [1.82, 2.24) is 10.2 Å². The third-order valence-corrected chi connectivity index (χ3v) is 3.75. The van der Waals surface area contributed by atoms with Gasteiger partial charge in [0.2, 0.25) is 0 Å². The van der Waals surface area contributed by atoms with Crippen molar-refractivity contribution >= 4 is 0 Å². The predicted molar refractivity (Wildman–Crippen MR) is 55.9 cm³/mol. The lowest BCUT2D eigenvalue weighted by Gasteiger charge is -2.38. The summed E-state index contributed by atoms with van der Waals surface area (Å²) in [5.41, 5.74) is 0. The first-order valence-corrected chi connectivity index (χ1v) is 5.72. The minimum absolute atomic E-state index is 0.749. The molecule has 2 aliphatic carbocycles. The van der Waals surface area contributed by atoms with Crippen LogP contribution in [0.25, 0.3) is 0 Å². The van der Waals surface area contributed by atoms with Gasteiger partial charge in [0.1, 0.15) is 0 Å². The topological polar surface area (TPSA) is 15.3 Å². The van der Waals surface area contributed by atoms with Crippen LogP contribution < -0.4 is 5.32 Å². The first-order chi connectivity index (χ1) is 6.33. The third-order valence-electron chi connectivity index (χ3n) is 3.75.